The Labute approximate surface area is 207 Å². The Morgan fingerprint density at radius 1 is 0.914 bits per heavy atom. The third kappa shape index (κ3) is 6.21. The van der Waals surface area contributed by atoms with Crippen molar-refractivity contribution in [1.82, 2.24) is 4.31 Å². The maximum absolute atomic E-state index is 13.1. The highest BCUT2D eigenvalue weighted by molar-refractivity contribution is 7.89. The minimum atomic E-state index is -3.63. The van der Waals surface area contributed by atoms with Crippen LogP contribution in [0, 0.1) is 0 Å². The summed E-state index contributed by atoms with van der Waals surface area (Å²) in [5.41, 5.74) is 3.47. The molecule has 1 aliphatic rings. The summed E-state index contributed by atoms with van der Waals surface area (Å²) >= 11 is 0. The topological polar surface area (TPSA) is 87.7 Å². The number of methoxy groups -OCH3 is 1. The van der Waals surface area contributed by atoms with Crippen LogP contribution >= 0.6 is 0 Å². The molecular weight excluding hydrogens is 462 g/mol. The van der Waals surface area contributed by atoms with Gasteiger partial charge in [-0.25, -0.2) is 8.42 Å². The zero-order valence-corrected chi connectivity index (χ0v) is 20.7. The molecule has 35 heavy (non-hydrogen) atoms. The molecule has 3 aromatic rings. The van der Waals surface area contributed by atoms with Crippen molar-refractivity contribution in [2.24, 2.45) is 0 Å². The number of sulfonamides is 1. The van der Waals surface area contributed by atoms with Gasteiger partial charge in [0.05, 0.1) is 24.2 Å². The largest absolute Gasteiger partial charge is 0.495 e. The summed E-state index contributed by atoms with van der Waals surface area (Å²) in [6.07, 6.45) is 3.50. The lowest BCUT2D eigenvalue weighted by atomic mass is 10.0. The van der Waals surface area contributed by atoms with Crippen LogP contribution < -0.4 is 15.4 Å². The quantitative estimate of drug-likeness (QED) is 0.458. The fourth-order valence-electron chi connectivity index (χ4n) is 4.23. The van der Waals surface area contributed by atoms with Gasteiger partial charge in [-0.1, -0.05) is 55.0 Å². The average Bonchev–Trinajstić information content (AvgIpc) is 2.89. The SMILES string of the molecule is COc1ccc(S(=O)(=O)N2CCCCC2)cc1NC(=O)CNc1ccccc1Cc1ccccc1. The van der Waals surface area contributed by atoms with Crippen molar-refractivity contribution in [3.8, 4) is 5.75 Å². The highest BCUT2D eigenvalue weighted by Crippen LogP contribution is 2.30. The summed E-state index contributed by atoms with van der Waals surface area (Å²) in [7, 11) is -2.14. The van der Waals surface area contributed by atoms with E-state index in [0.717, 1.165) is 36.9 Å². The van der Waals surface area contributed by atoms with Gasteiger partial charge in [0, 0.05) is 18.8 Å². The molecule has 8 heteroatoms. The Bertz CT molecular complexity index is 1260. The molecule has 0 bridgehead atoms. The zero-order chi connectivity index (χ0) is 24.7. The molecule has 1 fully saturated rings. The summed E-state index contributed by atoms with van der Waals surface area (Å²) < 4.78 is 33.0. The van der Waals surface area contributed by atoms with Crippen LogP contribution in [0.3, 0.4) is 0 Å². The Morgan fingerprint density at radius 2 is 1.63 bits per heavy atom. The third-order valence-corrected chi connectivity index (χ3v) is 7.99. The predicted octanol–water partition coefficient (Wildman–Crippen LogP) is 4.51. The van der Waals surface area contributed by atoms with E-state index in [9.17, 15) is 13.2 Å². The molecule has 0 atom stereocenters. The Kier molecular flexibility index (Phi) is 8.05. The number of benzene rings is 3. The molecular formula is C27H31N3O4S. The number of hydrogen-bond donors (Lipinski definition) is 2. The van der Waals surface area contributed by atoms with Crippen LogP contribution in [-0.2, 0) is 21.2 Å². The predicted molar refractivity (Wildman–Crippen MR) is 138 cm³/mol. The summed E-state index contributed by atoms with van der Waals surface area (Å²) in [4.78, 5) is 12.9. The van der Waals surface area contributed by atoms with E-state index in [1.807, 2.05) is 42.5 Å². The molecule has 0 aromatic heterocycles. The van der Waals surface area contributed by atoms with Crippen molar-refractivity contribution < 1.29 is 17.9 Å². The molecule has 0 spiro atoms. The maximum Gasteiger partial charge on any atom is 0.243 e. The number of amides is 1. The van der Waals surface area contributed by atoms with Gasteiger partial charge in [0.1, 0.15) is 5.75 Å². The number of piperidine rings is 1. The summed E-state index contributed by atoms with van der Waals surface area (Å²) in [6.45, 7) is 1.06. The van der Waals surface area contributed by atoms with Crippen LogP contribution in [0.2, 0.25) is 0 Å². The fourth-order valence-corrected chi connectivity index (χ4v) is 5.78. The van der Waals surface area contributed by atoms with Crippen LogP contribution in [-0.4, -0.2) is 45.4 Å². The summed E-state index contributed by atoms with van der Waals surface area (Å²) in [5, 5.41) is 6.02. The molecule has 1 amide bonds. The van der Waals surface area contributed by atoms with Crippen LogP contribution in [0.1, 0.15) is 30.4 Å². The van der Waals surface area contributed by atoms with Crippen LogP contribution in [0.4, 0.5) is 11.4 Å². The molecule has 4 rings (SSSR count). The number of nitrogens with zero attached hydrogens (tertiary/aromatic N) is 1. The maximum atomic E-state index is 13.1. The summed E-state index contributed by atoms with van der Waals surface area (Å²) in [5.74, 6) is 0.103. The molecule has 2 N–H and O–H groups in total. The van der Waals surface area contributed by atoms with E-state index in [1.165, 1.54) is 29.1 Å². The lowest BCUT2D eigenvalue weighted by Gasteiger charge is -2.26. The second-order valence-corrected chi connectivity index (χ2v) is 10.5. The van der Waals surface area contributed by atoms with Crippen molar-refractivity contribution in [1.29, 1.82) is 0 Å². The second-order valence-electron chi connectivity index (χ2n) is 8.55. The lowest BCUT2D eigenvalue weighted by Crippen LogP contribution is -2.35. The summed E-state index contributed by atoms with van der Waals surface area (Å²) in [6, 6.07) is 22.6. The van der Waals surface area contributed by atoms with Gasteiger partial charge < -0.3 is 15.4 Å². The molecule has 0 radical (unpaired) electrons. The number of ether oxygens (including phenoxy) is 1. The molecule has 1 heterocycles. The van der Waals surface area contributed by atoms with E-state index in [4.69, 9.17) is 4.74 Å². The number of carbonyl (C=O) groups is 1. The van der Waals surface area contributed by atoms with Crippen LogP contribution in [0.15, 0.2) is 77.7 Å². The van der Waals surface area contributed by atoms with Gasteiger partial charge in [-0.2, -0.15) is 4.31 Å². The minimum Gasteiger partial charge on any atom is -0.495 e. The number of para-hydroxylation sites is 1. The minimum absolute atomic E-state index is 0.0259. The molecule has 0 unspecified atom stereocenters. The molecule has 0 saturated carbocycles. The van der Waals surface area contributed by atoms with Crippen LogP contribution in [0.5, 0.6) is 5.75 Å². The molecule has 184 valence electrons. The van der Waals surface area contributed by atoms with Gasteiger partial charge in [0.25, 0.3) is 0 Å². The monoisotopic (exact) mass is 493 g/mol. The number of anilines is 2. The van der Waals surface area contributed by atoms with Gasteiger partial charge >= 0.3 is 0 Å². The van der Waals surface area contributed by atoms with Crippen LogP contribution in [0.25, 0.3) is 0 Å². The van der Waals surface area contributed by atoms with E-state index in [1.54, 1.807) is 6.07 Å². The van der Waals surface area contributed by atoms with Crippen molar-refractivity contribution in [2.45, 2.75) is 30.6 Å². The third-order valence-electron chi connectivity index (χ3n) is 6.09. The first kappa shape index (κ1) is 24.8. The second kappa shape index (κ2) is 11.4. The number of rotatable bonds is 9. The van der Waals surface area contributed by atoms with Crippen molar-refractivity contribution >= 4 is 27.3 Å². The lowest BCUT2D eigenvalue weighted by molar-refractivity contribution is -0.114. The highest BCUT2D eigenvalue weighted by Gasteiger charge is 2.27. The number of hydrogen-bond acceptors (Lipinski definition) is 5. The molecule has 3 aromatic carbocycles. The first-order chi connectivity index (χ1) is 17.0. The number of nitrogens with one attached hydrogen (secondary N) is 2. The van der Waals surface area contributed by atoms with Gasteiger partial charge in [0.2, 0.25) is 15.9 Å². The van der Waals surface area contributed by atoms with E-state index in [-0.39, 0.29) is 17.3 Å². The normalized spacial score (nSPS) is 14.3. The smallest absolute Gasteiger partial charge is 0.243 e. The first-order valence-corrected chi connectivity index (χ1v) is 13.2. The Balaban J connectivity index is 1.45. The Morgan fingerprint density at radius 3 is 2.37 bits per heavy atom. The fraction of sp³-hybridized carbons (Fsp3) is 0.296. The average molecular weight is 494 g/mol. The highest BCUT2D eigenvalue weighted by atomic mass is 32.2. The molecule has 0 aliphatic carbocycles. The van der Waals surface area contributed by atoms with E-state index in [2.05, 4.69) is 22.8 Å². The van der Waals surface area contributed by atoms with Gasteiger partial charge in [-0.15, -0.1) is 0 Å². The van der Waals surface area contributed by atoms with E-state index < -0.39 is 10.0 Å². The van der Waals surface area contributed by atoms with Gasteiger partial charge in [0.15, 0.2) is 0 Å². The molecule has 1 aliphatic heterocycles. The van der Waals surface area contributed by atoms with Gasteiger partial charge in [-0.05, 0) is 54.7 Å². The van der Waals surface area contributed by atoms with E-state index in [0.29, 0.717) is 24.5 Å². The molecule has 1 saturated heterocycles. The van der Waals surface area contributed by atoms with Gasteiger partial charge in [-0.3, -0.25) is 4.79 Å². The first-order valence-electron chi connectivity index (χ1n) is 11.8. The number of carbonyl (C=O) groups excluding carboxylic acids is 1. The van der Waals surface area contributed by atoms with E-state index >= 15 is 0 Å². The van der Waals surface area contributed by atoms with Crippen molar-refractivity contribution in [3.63, 3.8) is 0 Å². The van der Waals surface area contributed by atoms with Crippen molar-refractivity contribution in [3.05, 3.63) is 83.9 Å². The standard InChI is InChI=1S/C27H31N3O4S/c1-34-26-15-14-23(35(32,33)30-16-8-3-9-17-30)19-25(26)29-27(31)20-28-24-13-7-6-12-22(24)18-21-10-4-2-5-11-21/h2,4-7,10-15,19,28H,3,8-9,16-18,20H2,1H3,(H,29,31). The molecule has 7 nitrogen and oxygen atoms in total. The Hall–Kier alpha value is -3.36. The zero-order valence-electron chi connectivity index (χ0n) is 19.9. The van der Waals surface area contributed by atoms with Crippen molar-refractivity contribution in [2.75, 3.05) is 37.4 Å².